The predicted octanol–water partition coefficient (Wildman–Crippen LogP) is 2.33. The average Bonchev–Trinajstić information content (AvgIpc) is 2.68. The SMILES string of the molecule is Bc1ccc([C@H]2OC(C)(C)N(C(=O)OC(C)(C)C)[C@@H]2CF)cc1. The third kappa shape index (κ3) is 3.86. The normalized spacial score (nSPS) is 23.8. The maximum atomic E-state index is 13.8. The Morgan fingerprint density at radius 1 is 1.35 bits per heavy atom. The van der Waals surface area contributed by atoms with Gasteiger partial charge in [-0.05, 0) is 40.2 Å². The number of amides is 1. The fourth-order valence-corrected chi connectivity index (χ4v) is 2.84. The van der Waals surface area contributed by atoms with Crippen molar-refractivity contribution in [1.82, 2.24) is 4.90 Å². The summed E-state index contributed by atoms with van der Waals surface area (Å²) in [4.78, 5) is 13.9. The van der Waals surface area contributed by atoms with Crippen LogP contribution in [0.5, 0.6) is 0 Å². The van der Waals surface area contributed by atoms with Crippen LogP contribution < -0.4 is 5.46 Å². The van der Waals surface area contributed by atoms with E-state index < -0.39 is 36.2 Å². The van der Waals surface area contributed by atoms with Gasteiger partial charge >= 0.3 is 6.09 Å². The van der Waals surface area contributed by atoms with E-state index in [1.807, 2.05) is 32.1 Å². The molecule has 1 aliphatic rings. The molecule has 1 heterocycles. The van der Waals surface area contributed by atoms with Gasteiger partial charge in [0.1, 0.15) is 32.0 Å². The molecule has 126 valence electrons. The lowest BCUT2D eigenvalue weighted by Gasteiger charge is -2.34. The highest BCUT2D eigenvalue weighted by Gasteiger charge is 2.51. The summed E-state index contributed by atoms with van der Waals surface area (Å²) in [5.41, 5.74) is 0.397. The molecule has 6 heteroatoms. The summed E-state index contributed by atoms with van der Waals surface area (Å²) in [6.45, 7) is 8.19. The second kappa shape index (κ2) is 6.15. The molecule has 0 spiro atoms. The topological polar surface area (TPSA) is 38.8 Å². The Morgan fingerprint density at radius 2 is 1.91 bits per heavy atom. The standard InChI is InChI=1S/C17H25BFNO3/c1-16(2,3)23-15(21)20-13(10-19)14(22-17(20,4)5)11-6-8-12(18)9-7-11/h6-9,13-14H,10,18H2,1-5H3/t13-,14-/m1/s1. The minimum absolute atomic E-state index is 0.511. The van der Waals surface area contributed by atoms with Gasteiger partial charge in [-0.15, -0.1) is 0 Å². The zero-order valence-corrected chi connectivity index (χ0v) is 14.7. The summed E-state index contributed by atoms with van der Waals surface area (Å²) in [6, 6.07) is 7.03. The first-order valence-corrected chi connectivity index (χ1v) is 7.88. The second-order valence-electron chi connectivity index (χ2n) is 7.47. The molecule has 23 heavy (non-hydrogen) atoms. The Bertz CT molecular complexity index is 568. The minimum Gasteiger partial charge on any atom is -0.444 e. The van der Waals surface area contributed by atoms with E-state index in [0.717, 1.165) is 11.0 Å². The van der Waals surface area contributed by atoms with E-state index in [-0.39, 0.29) is 0 Å². The van der Waals surface area contributed by atoms with Gasteiger partial charge in [0.25, 0.3) is 0 Å². The van der Waals surface area contributed by atoms with Crippen LogP contribution in [0.4, 0.5) is 9.18 Å². The monoisotopic (exact) mass is 321 g/mol. The number of benzene rings is 1. The predicted molar refractivity (Wildman–Crippen MR) is 90.4 cm³/mol. The molecule has 1 aromatic carbocycles. The highest BCUT2D eigenvalue weighted by molar-refractivity contribution is 6.32. The number of carbonyl (C=O) groups excluding carboxylic acids is 1. The van der Waals surface area contributed by atoms with Crippen molar-refractivity contribution >= 4 is 19.4 Å². The number of alkyl halides is 1. The van der Waals surface area contributed by atoms with Crippen LogP contribution in [-0.4, -0.2) is 42.9 Å². The summed E-state index contributed by atoms with van der Waals surface area (Å²) < 4.78 is 25.2. The lowest BCUT2D eigenvalue weighted by atomic mass is 9.93. The van der Waals surface area contributed by atoms with E-state index in [1.165, 1.54) is 4.90 Å². The van der Waals surface area contributed by atoms with Crippen LogP contribution in [0, 0.1) is 0 Å². The van der Waals surface area contributed by atoms with Crippen LogP contribution in [0.25, 0.3) is 0 Å². The third-order valence-electron chi connectivity index (χ3n) is 3.83. The highest BCUT2D eigenvalue weighted by atomic mass is 19.1. The van der Waals surface area contributed by atoms with Crippen molar-refractivity contribution in [3.05, 3.63) is 29.8 Å². The molecule has 0 aliphatic carbocycles. The lowest BCUT2D eigenvalue weighted by molar-refractivity contribution is -0.0797. The Morgan fingerprint density at radius 3 is 2.39 bits per heavy atom. The fourth-order valence-electron chi connectivity index (χ4n) is 2.84. The molecule has 1 aromatic rings. The molecule has 1 fully saturated rings. The first-order valence-electron chi connectivity index (χ1n) is 7.88. The van der Waals surface area contributed by atoms with Gasteiger partial charge in [-0.25, -0.2) is 9.18 Å². The molecule has 0 saturated carbocycles. The van der Waals surface area contributed by atoms with E-state index in [1.54, 1.807) is 34.6 Å². The smallest absolute Gasteiger partial charge is 0.413 e. The molecule has 2 rings (SSSR count). The van der Waals surface area contributed by atoms with Crippen LogP contribution in [0.1, 0.15) is 46.3 Å². The summed E-state index contributed by atoms with van der Waals surface area (Å²) in [6.07, 6.45) is -1.07. The van der Waals surface area contributed by atoms with E-state index in [9.17, 15) is 9.18 Å². The van der Waals surface area contributed by atoms with Gasteiger partial charge in [-0.1, -0.05) is 29.7 Å². The summed E-state index contributed by atoms with van der Waals surface area (Å²) in [5, 5.41) is 0. The lowest BCUT2D eigenvalue weighted by Crippen LogP contribution is -2.50. The molecule has 2 atom stereocenters. The molecule has 1 aliphatic heterocycles. The van der Waals surface area contributed by atoms with Gasteiger partial charge in [0.2, 0.25) is 0 Å². The molecule has 0 aromatic heterocycles. The first kappa shape index (κ1) is 17.8. The Kier molecular flexibility index (Phi) is 4.76. The van der Waals surface area contributed by atoms with E-state index in [4.69, 9.17) is 9.47 Å². The van der Waals surface area contributed by atoms with Crippen molar-refractivity contribution in [2.45, 2.75) is 58.1 Å². The number of ether oxygens (including phenoxy) is 2. The summed E-state index contributed by atoms with van der Waals surface area (Å²) in [5.74, 6) is 0. The van der Waals surface area contributed by atoms with Crippen LogP contribution in [0.15, 0.2) is 24.3 Å². The minimum atomic E-state index is -0.936. The maximum absolute atomic E-state index is 13.8. The first-order chi connectivity index (χ1) is 10.5. The molecule has 0 N–H and O–H groups in total. The number of nitrogens with zero attached hydrogens (tertiary/aromatic N) is 1. The van der Waals surface area contributed by atoms with Crippen molar-refractivity contribution in [3.8, 4) is 0 Å². The second-order valence-corrected chi connectivity index (χ2v) is 7.47. The van der Waals surface area contributed by atoms with Gasteiger partial charge < -0.3 is 9.47 Å². The Hall–Kier alpha value is -1.56. The molecule has 0 radical (unpaired) electrons. The zero-order valence-electron chi connectivity index (χ0n) is 14.7. The van der Waals surface area contributed by atoms with Gasteiger partial charge in [0.05, 0.1) is 6.04 Å². The fraction of sp³-hybridized carbons (Fsp3) is 0.588. The average molecular weight is 321 g/mol. The molecular formula is C17H25BFNO3. The number of hydrogen-bond acceptors (Lipinski definition) is 3. The van der Waals surface area contributed by atoms with Crippen LogP contribution in [0.3, 0.4) is 0 Å². The van der Waals surface area contributed by atoms with Crippen LogP contribution in [0.2, 0.25) is 0 Å². The van der Waals surface area contributed by atoms with Crippen molar-refractivity contribution in [2.75, 3.05) is 6.67 Å². The van der Waals surface area contributed by atoms with Crippen LogP contribution >= 0.6 is 0 Å². The van der Waals surface area contributed by atoms with Crippen molar-refractivity contribution in [1.29, 1.82) is 0 Å². The highest BCUT2D eigenvalue weighted by Crippen LogP contribution is 2.41. The van der Waals surface area contributed by atoms with Crippen molar-refractivity contribution in [2.24, 2.45) is 0 Å². The van der Waals surface area contributed by atoms with E-state index in [0.29, 0.717) is 0 Å². The van der Waals surface area contributed by atoms with Gasteiger partial charge in [-0.2, -0.15) is 0 Å². The number of hydrogen-bond donors (Lipinski definition) is 0. The number of carbonyl (C=O) groups is 1. The molecule has 1 amide bonds. The molecule has 1 saturated heterocycles. The molecule has 4 nitrogen and oxygen atoms in total. The van der Waals surface area contributed by atoms with Gasteiger partial charge in [-0.3, -0.25) is 4.90 Å². The van der Waals surface area contributed by atoms with E-state index in [2.05, 4.69) is 0 Å². The Labute approximate surface area is 138 Å². The molecular weight excluding hydrogens is 296 g/mol. The largest absolute Gasteiger partial charge is 0.444 e. The van der Waals surface area contributed by atoms with Gasteiger partial charge in [0.15, 0.2) is 0 Å². The summed E-state index contributed by atoms with van der Waals surface area (Å²) >= 11 is 0. The van der Waals surface area contributed by atoms with Crippen molar-refractivity contribution < 1.29 is 18.7 Å². The Balaban J connectivity index is 2.32. The maximum Gasteiger partial charge on any atom is 0.413 e. The third-order valence-corrected chi connectivity index (χ3v) is 3.83. The van der Waals surface area contributed by atoms with Crippen molar-refractivity contribution in [3.63, 3.8) is 0 Å². The molecule has 0 unspecified atom stereocenters. The summed E-state index contributed by atoms with van der Waals surface area (Å²) in [7, 11) is 1.99. The zero-order chi connectivity index (χ0) is 17.4. The number of halogens is 1. The number of rotatable bonds is 2. The van der Waals surface area contributed by atoms with Gasteiger partial charge in [0, 0.05) is 0 Å². The quantitative estimate of drug-likeness (QED) is 0.785. The van der Waals surface area contributed by atoms with E-state index >= 15 is 0 Å². The van der Waals surface area contributed by atoms with Crippen LogP contribution in [-0.2, 0) is 9.47 Å². The molecule has 0 bridgehead atoms.